The molecule has 2 rings (SSSR count). The van der Waals surface area contributed by atoms with Crippen LogP contribution in [0.4, 0.5) is 11.5 Å². The van der Waals surface area contributed by atoms with Crippen LogP contribution in [-0.4, -0.2) is 22.6 Å². The van der Waals surface area contributed by atoms with Crippen molar-refractivity contribution >= 4 is 11.5 Å². The number of hydrogen-bond acceptors (Lipinski definition) is 4. The van der Waals surface area contributed by atoms with Crippen molar-refractivity contribution in [3.05, 3.63) is 47.9 Å². The van der Waals surface area contributed by atoms with Gasteiger partial charge in [-0.15, -0.1) is 0 Å². The molecular weight excluding hydrogens is 260 g/mol. The minimum absolute atomic E-state index is 0.450. The van der Waals surface area contributed by atoms with Crippen LogP contribution < -0.4 is 10.2 Å². The SMILES string of the molecule is CCN(c1ccc(C)cc1)c1cnc(CNC(C)C)cn1. The van der Waals surface area contributed by atoms with E-state index in [4.69, 9.17) is 0 Å². The summed E-state index contributed by atoms with van der Waals surface area (Å²) in [6, 6.07) is 8.92. The molecule has 4 nitrogen and oxygen atoms in total. The Kier molecular flexibility index (Phi) is 5.28. The summed E-state index contributed by atoms with van der Waals surface area (Å²) in [6.07, 6.45) is 3.70. The minimum Gasteiger partial charge on any atom is -0.325 e. The Bertz CT molecular complexity index is 546. The van der Waals surface area contributed by atoms with E-state index >= 15 is 0 Å². The lowest BCUT2D eigenvalue weighted by atomic mass is 10.2. The number of aromatic nitrogens is 2. The number of hydrogen-bond donors (Lipinski definition) is 1. The summed E-state index contributed by atoms with van der Waals surface area (Å²) in [5.74, 6) is 0.884. The number of rotatable bonds is 6. The highest BCUT2D eigenvalue weighted by Crippen LogP contribution is 2.22. The molecule has 1 heterocycles. The van der Waals surface area contributed by atoms with Gasteiger partial charge in [-0.05, 0) is 26.0 Å². The van der Waals surface area contributed by atoms with E-state index in [1.807, 2.05) is 12.4 Å². The molecule has 2 aromatic rings. The second-order valence-corrected chi connectivity index (χ2v) is 5.48. The Morgan fingerprint density at radius 3 is 2.33 bits per heavy atom. The summed E-state index contributed by atoms with van der Waals surface area (Å²) in [5.41, 5.74) is 3.37. The monoisotopic (exact) mass is 284 g/mol. The van der Waals surface area contributed by atoms with Crippen molar-refractivity contribution in [1.29, 1.82) is 0 Å². The number of aryl methyl sites for hydroxylation is 1. The summed E-state index contributed by atoms with van der Waals surface area (Å²) in [5, 5.41) is 3.35. The maximum Gasteiger partial charge on any atom is 0.151 e. The molecule has 1 aromatic carbocycles. The largest absolute Gasteiger partial charge is 0.325 e. The first-order valence-corrected chi connectivity index (χ1v) is 7.48. The molecule has 0 atom stereocenters. The highest BCUT2D eigenvalue weighted by Gasteiger charge is 2.09. The van der Waals surface area contributed by atoms with Crippen molar-refractivity contribution in [2.45, 2.75) is 40.3 Å². The first-order chi connectivity index (χ1) is 10.1. The van der Waals surface area contributed by atoms with Gasteiger partial charge in [0, 0.05) is 24.8 Å². The summed E-state index contributed by atoms with van der Waals surface area (Å²) in [4.78, 5) is 11.2. The molecule has 0 aliphatic rings. The number of nitrogens with one attached hydrogen (secondary N) is 1. The highest BCUT2D eigenvalue weighted by atomic mass is 15.2. The van der Waals surface area contributed by atoms with Crippen LogP contribution in [0, 0.1) is 6.92 Å². The van der Waals surface area contributed by atoms with E-state index in [2.05, 4.69) is 72.1 Å². The first kappa shape index (κ1) is 15.4. The fraction of sp³-hybridized carbons (Fsp3) is 0.412. The van der Waals surface area contributed by atoms with E-state index in [0.29, 0.717) is 6.04 Å². The van der Waals surface area contributed by atoms with Gasteiger partial charge in [-0.25, -0.2) is 4.98 Å². The predicted molar refractivity (Wildman–Crippen MR) is 87.9 cm³/mol. The third kappa shape index (κ3) is 4.26. The van der Waals surface area contributed by atoms with Gasteiger partial charge in [0.15, 0.2) is 5.82 Å². The average molecular weight is 284 g/mol. The molecule has 1 N–H and O–H groups in total. The Hall–Kier alpha value is -1.94. The molecule has 0 fully saturated rings. The van der Waals surface area contributed by atoms with Gasteiger partial charge in [0.1, 0.15) is 0 Å². The Balaban J connectivity index is 2.13. The van der Waals surface area contributed by atoms with Crippen LogP contribution in [0.3, 0.4) is 0 Å². The second-order valence-electron chi connectivity index (χ2n) is 5.48. The van der Waals surface area contributed by atoms with Crippen LogP contribution in [0.2, 0.25) is 0 Å². The fourth-order valence-electron chi connectivity index (χ4n) is 2.09. The standard InChI is InChI=1S/C17H24N4/c1-5-21(16-8-6-14(4)7-9-16)17-12-19-15(11-20-17)10-18-13(2)3/h6-9,11-13,18H,5,10H2,1-4H3. The molecule has 4 heteroatoms. The van der Waals surface area contributed by atoms with Crippen LogP contribution in [0.25, 0.3) is 0 Å². The molecule has 0 unspecified atom stereocenters. The molecule has 21 heavy (non-hydrogen) atoms. The molecule has 0 spiro atoms. The minimum atomic E-state index is 0.450. The maximum atomic E-state index is 4.55. The van der Waals surface area contributed by atoms with Crippen molar-refractivity contribution in [3.63, 3.8) is 0 Å². The zero-order valence-electron chi connectivity index (χ0n) is 13.3. The molecule has 0 aliphatic carbocycles. The summed E-state index contributed by atoms with van der Waals surface area (Å²) in [7, 11) is 0. The fourth-order valence-corrected chi connectivity index (χ4v) is 2.09. The molecule has 1 aromatic heterocycles. The molecule has 112 valence electrons. The van der Waals surface area contributed by atoms with Gasteiger partial charge in [0.05, 0.1) is 18.1 Å². The number of nitrogens with zero attached hydrogens (tertiary/aromatic N) is 3. The van der Waals surface area contributed by atoms with Gasteiger partial charge < -0.3 is 10.2 Å². The van der Waals surface area contributed by atoms with Crippen molar-refractivity contribution in [3.8, 4) is 0 Å². The van der Waals surface area contributed by atoms with E-state index in [-0.39, 0.29) is 0 Å². The molecular formula is C17H24N4. The van der Waals surface area contributed by atoms with Crippen LogP contribution in [0.1, 0.15) is 32.0 Å². The molecule has 0 saturated carbocycles. The molecule has 0 aliphatic heterocycles. The molecule has 0 bridgehead atoms. The Morgan fingerprint density at radius 1 is 1.10 bits per heavy atom. The Morgan fingerprint density at radius 2 is 1.81 bits per heavy atom. The number of anilines is 2. The Labute approximate surface area is 127 Å². The summed E-state index contributed by atoms with van der Waals surface area (Å²) < 4.78 is 0. The van der Waals surface area contributed by atoms with Crippen LogP contribution in [0.5, 0.6) is 0 Å². The highest BCUT2D eigenvalue weighted by molar-refractivity contribution is 5.59. The van der Waals surface area contributed by atoms with Gasteiger partial charge in [-0.1, -0.05) is 31.5 Å². The topological polar surface area (TPSA) is 41.1 Å². The number of benzene rings is 1. The summed E-state index contributed by atoms with van der Waals surface area (Å²) in [6.45, 7) is 10.1. The smallest absolute Gasteiger partial charge is 0.151 e. The van der Waals surface area contributed by atoms with E-state index in [9.17, 15) is 0 Å². The molecule has 0 saturated heterocycles. The van der Waals surface area contributed by atoms with E-state index < -0.39 is 0 Å². The molecule has 0 radical (unpaired) electrons. The molecule has 0 amide bonds. The third-order valence-electron chi connectivity index (χ3n) is 3.32. The zero-order valence-corrected chi connectivity index (χ0v) is 13.3. The second kappa shape index (κ2) is 7.18. The average Bonchev–Trinajstić information content (AvgIpc) is 2.49. The lowest BCUT2D eigenvalue weighted by molar-refractivity contribution is 0.580. The van der Waals surface area contributed by atoms with E-state index in [0.717, 1.165) is 30.3 Å². The van der Waals surface area contributed by atoms with E-state index in [1.165, 1.54) is 5.56 Å². The third-order valence-corrected chi connectivity index (χ3v) is 3.32. The van der Waals surface area contributed by atoms with Gasteiger partial charge in [-0.3, -0.25) is 4.98 Å². The van der Waals surface area contributed by atoms with Crippen molar-refractivity contribution in [2.75, 3.05) is 11.4 Å². The first-order valence-electron chi connectivity index (χ1n) is 7.48. The lowest BCUT2D eigenvalue weighted by Crippen LogP contribution is -2.23. The summed E-state index contributed by atoms with van der Waals surface area (Å²) >= 11 is 0. The normalized spacial score (nSPS) is 10.9. The predicted octanol–water partition coefficient (Wildman–Crippen LogP) is 3.44. The van der Waals surface area contributed by atoms with Crippen molar-refractivity contribution in [2.24, 2.45) is 0 Å². The zero-order chi connectivity index (χ0) is 15.2. The quantitative estimate of drug-likeness (QED) is 0.882. The van der Waals surface area contributed by atoms with E-state index in [1.54, 1.807) is 0 Å². The van der Waals surface area contributed by atoms with Gasteiger partial charge in [-0.2, -0.15) is 0 Å². The van der Waals surface area contributed by atoms with Crippen LogP contribution in [-0.2, 0) is 6.54 Å². The van der Waals surface area contributed by atoms with Crippen LogP contribution >= 0.6 is 0 Å². The van der Waals surface area contributed by atoms with Crippen LogP contribution in [0.15, 0.2) is 36.7 Å². The van der Waals surface area contributed by atoms with Crippen molar-refractivity contribution in [1.82, 2.24) is 15.3 Å². The van der Waals surface area contributed by atoms with Gasteiger partial charge in [0.2, 0.25) is 0 Å². The lowest BCUT2D eigenvalue weighted by Gasteiger charge is -2.22. The van der Waals surface area contributed by atoms with Gasteiger partial charge in [0.25, 0.3) is 0 Å². The van der Waals surface area contributed by atoms with Crippen molar-refractivity contribution < 1.29 is 0 Å². The maximum absolute atomic E-state index is 4.55. The van der Waals surface area contributed by atoms with Gasteiger partial charge >= 0.3 is 0 Å².